The molecule has 1 amide bonds. The summed E-state index contributed by atoms with van der Waals surface area (Å²) in [5.74, 6) is -0.130. The summed E-state index contributed by atoms with van der Waals surface area (Å²) < 4.78 is 1.50. The van der Waals surface area contributed by atoms with Crippen LogP contribution in [0.4, 0.5) is 5.69 Å². The molecule has 1 rings (SSSR count). The van der Waals surface area contributed by atoms with Crippen LogP contribution in [0.3, 0.4) is 0 Å². The average Bonchev–Trinajstić information content (AvgIpc) is 2.52. The topological polar surface area (TPSA) is 64.2 Å². The molecule has 0 aliphatic carbocycles. The number of nitrogens with two attached hydrogens (primary N) is 1. The Morgan fingerprint density at radius 1 is 1.65 bits per heavy atom. The summed E-state index contributed by atoms with van der Waals surface area (Å²) in [4.78, 5) is 14.1. The third kappa shape index (κ3) is 2.67. The van der Waals surface area contributed by atoms with E-state index < -0.39 is 0 Å². The zero-order valence-corrected chi connectivity index (χ0v) is 10.9. The number of anilines is 1. The summed E-state index contributed by atoms with van der Waals surface area (Å²) in [5, 5.41) is 3.98. The van der Waals surface area contributed by atoms with Crippen molar-refractivity contribution in [1.82, 2.24) is 14.7 Å². The van der Waals surface area contributed by atoms with E-state index in [-0.39, 0.29) is 11.4 Å². The lowest BCUT2D eigenvalue weighted by Gasteiger charge is -2.34. The Hall–Kier alpha value is -1.78. The molecular formula is C12H20N4O. The van der Waals surface area contributed by atoms with Crippen molar-refractivity contribution < 1.29 is 4.79 Å². The Labute approximate surface area is 102 Å². The number of hydrogen-bond acceptors (Lipinski definition) is 3. The van der Waals surface area contributed by atoms with E-state index in [0.29, 0.717) is 17.9 Å². The van der Waals surface area contributed by atoms with Crippen molar-refractivity contribution in [2.75, 3.05) is 12.3 Å². The Bertz CT molecular complexity index is 409. The Morgan fingerprint density at radius 3 is 2.59 bits per heavy atom. The maximum Gasteiger partial charge on any atom is 0.274 e. The summed E-state index contributed by atoms with van der Waals surface area (Å²) in [7, 11) is 1.71. The molecule has 0 unspecified atom stereocenters. The molecule has 0 aromatic carbocycles. The van der Waals surface area contributed by atoms with Crippen LogP contribution in [-0.4, -0.2) is 32.7 Å². The Balaban J connectivity index is 3.13. The zero-order chi connectivity index (χ0) is 13.2. The van der Waals surface area contributed by atoms with E-state index in [4.69, 9.17) is 5.73 Å². The number of rotatable bonds is 3. The number of nitrogen functional groups attached to an aromatic ring is 1. The summed E-state index contributed by atoms with van der Waals surface area (Å²) >= 11 is 0. The quantitative estimate of drug-likeness (QED) is 0.807. The number of nitrogens with zero attached hydrogens (tertiary/aromatic N) is 3. The number of carbonyl (C=O) groups is 1. The van der Waals surface area contributed by atoms with Gasteiger partial charge in [-0.15, -0.1) is 6.58 Å². The summed E-state index contributed by atoms with van der Waals surface area (Å²) in [6, 6.07) is 0. The number of aryl methyl sites for hydroxylation is 1. The van der Waals surface area contributed by atoms with Crippen LogP contribution in [0.5, 0.6) is 0 Å². The van der Waals surface area contributed by atoms with Crippen LogP contribution >= 0.6 is 0 Å². The van der Waals surface area contributed by atoms with Crippen LogP contribution in [0.1, 0.15) is 31.3 Å². The zero-order valence-electron chi connectivity index (χ0n) is 10.9. The lowest BCUT2D eigenvalue weighted by atomic mass is 10.1. The molecule has 0 fully saturated rings. The van der Waals surface area contributed by atoms with Crippen LogP contribution in [0.15, 0.2) is 18.9 Å². The fourth-order valence-electron chi connectivity index (χ4n) is 1.63. The third-order valence-electron chi connectivity index (χ3n) is 2.54. The molecule has 0 bridgehead atoms. The molecule has 0 spiro atoms. The molecule has 1 heterocycles. The van der Waals surface area contributed by atoms with Crippen LogP contribution in [0, 0.1) is 0 Å². The van der Waals surface area contributed by atoms with Crippen molar-refractivity contribution in [2.45, 2.75) is 26.3 Å². The van der Waals surface area contributed by atoms with Gasteiger partial charge in [0.25, 0.3) is 5.91 Å². The van der Waals surface area contributed by atoms with E-state index in [1.807, 2.05) is 20.8 Å². The van der Waals surface area contributed by atoms with Crippen molar-refractivity contribution in [3.63, 3.8) is 0 Å². The van der Waals surface area contributed by atoms with E-state index >= 15 is 0 Å². The second-order valence-electron chi connectivity index (χ2n) is 4.95. The minimum atomic E-state index is -0.290. The van der Waals surface area contributed by atoms with Crippen molar-refractivity contribution >= 4 is 11.6 Å². The predicted molar refractivity (Wildman–Crippen MR) is 68.6 cm³/mol. The van der Waals surface area contributed by atoms with Gasteiger partial charge >= 0.3 is 0 Å². The average molecular weight is 236 g/mol. The first kappa shape index (κ1) is 13.3. The largest absolute Gasteiger partial charge is 0.396 e. The molecule has 0 aliphatic heterocycles. The van der Waals surface area contributed by atoms with E-state index in [1.54, 1.807) is 18.0 Å². The first-order valence-electron chi connectivity index (χ1n) is 5.49. The lowest BCUT2D eigenvalue weighted by Crippen LogP contribution is -2.46. The van der Waals surface area contributed by atoms with Crippen LogP contribution in [0.2, 0.25) is 0 Å². The molecule has 0 radical (unpaired) electrons. The highest BCUT2D eigenvalue weighted by molar-refractivity contribution is 5.97. The second-order valence-corrected chi connectivity index (χ2v) is 4.95. The van der Waals surface area contributed by atoms with Gasteiger partial charge in [-0.05, 0) is 20.8 Å². The van der Waals surface area contributed by atoms with Crippen LogP contribution in [-0.2, 0) is 7.05 Å². The van der Waals surface area contributed by atoms with Crippen molar-refractivity contribution in [1.29, 1.82) is 0 Å². The number of carbonyl (C=O) groups excluding carboxylic acids is 1. The van der Waals surface area contributed by atoms with E-state index in [2.05, 4.69) is 11.7 Å². The fraction of sp³-hybridized carbons (Fsp3) is 0.500. The lowest BCUT2D eigenvalue weighted by molar-refractivity contribution is 0.0606. The molecule has 17 heavy (non-hydrogen) atoms. The van der Waals surface area contributed by atoms with Crippen molar-refractivity contribution in [3.05, 3.63) is 24.5 Å². The molecule has 0 saturated heterocycles. The highest BCUT2D eigenvalue weighted by atomic mass is 16.2. The molecule has 1 aromatic heterocycles. The van der Waals surface area contributed by atoms with E-state index in [0.717, 1.165) is 0 Å². The van der Waals surface area contributed by atoms with Gasteiger partial charge in [-0.1, -0.05) is 6.08 Å². The van der Waals surface area contributed by atoms with Gasteiger partial charge in [-0.2, -0.15) is 5.10 Å². The molecular weight excluding hydrogens is 216 g/mol. The van der Waals surface area contributed by atoms with Gasteiger partial charge in [0.2, 0.25) is 0 Å². The van der Waals surface area contributed by atoms with E-state index in [9.17, 15) is 4.79 Å². The molecule has 0 aliphatic rings. The van der Waals surface area contributed by atoms with Crippen LogP contribution in [0.25, 0.3) is 0 Å². The second kappa shape index (κ2) is 4.61. The predicted octanol–water partition coefficient (Wildman–Crippen LogP) is 1.43. The number of amides is 1. The normalized spacial score (nSPS) is 11.3. The van der Waals surface area contributed by atoms with Crippen molar-refractivity contribution in [3.8, 4) is 0 Å². The fourth-order valence-corrected chi connectivity index (χ4v) is 1.63. The minimum absolute atomic E-state index is 0.130. The van der Waals surface area contributed by atoms with Gasteiger partial charge in [-0.3, -0.25) is 9.48 Å². The van der Waals surface area contributed by atoms with Gasteiger partial charge in [0.05, 0.1) is 11.9 Å². The van der Waals surface area contributed by atoms with Crippen LogP contribution < -0.4 is 5.73 Å². The molecule has 0 atom stereocenters. The van der Waals surface area contributed by atoms with E-state index in [1.165, 1.54) is 10.9 Å². The summed E-state index contributed by atoms with van der Waals surface area (Å²) in [6.07, 6.45) is 3.19. The highest BCUT2D eigenvalue weighted by Crippen LogP contribution is 2.20. The first-order chi connectivity index (χ1) is 7.79. The number of aromatic nitrogens is 2. The van der Waals surface area contributed by atoms with Gasteiger partial charge in [0, 0.05) is 19.1 Å². The monoisotopic (exact) mass is 236 g/mol. The Morgan fingerprint density at radius 2 is 2.24 bits per heavy atom. The standard InChI is InChI=1S/C12H20N4O/c1-6-7-16(12(2,3)4)11(17)10-9(13)8-14-15(10)5/h6,8H,1,7,13H2,2-5H3. The Kier molecular flexibility index (Phi) is 3.60. The molecule has 5 nitrogen and oxygen atoms in total. The SMILES string of the molecule is C=CCN(C(=O)c1c(N)cnn1C)C(C)(C)C. The summed E-state index contributed by atoms with van der Waals surface area (Å²) in [6.45, 7) is 10.1. The molecule has 5 heteroatoms. The molecule has 1 aromatic rings. The van der Waals surface area contributed by atoms with Gasteiger partial charge in [0.15, 0.2) is 0 Å². The summed E-state index contributed by atoms with van der Waals surface area (Å²) in [5.41, 5.74) is 6.29. The van der Waals surface area contributed by atoms with Gasteiger partial charge in [-0.25, -0.2) is 0 Å². The molecule has 0 saturated carbocycles. The van der Waals surface area contributed by atoms with Gasteiger partial charge < -0.3 is 10.6 Å². The maximum atomic E-state index is 12.4. The number of hydrogen-bond donors (Lipinski definition) is 1. The maximum absolute atomic E-state index is 12.4. The smallest absolute Gasteiger partial charge is 0.274 e. The third-order valence-corrected chi connectivity index (χ3v) is 2.54. The minimum Gasteiger partial charge on any atom is -0.396 e. The molecule has 2 N–H and O–H groups in total. The molecule has 94 valence electrons. The van der Waals surface area contributed by atoms with Gasteiger partial charge in [0.1, 0.15) is 5.69 Å². The first-order valence-corrected chi connectivity index (χ1v) is 5.49. The van der Waals surface area contributed by atoms with Crippen molar-refractivity contribution in [2.24, 2.45) is 7.05 Å². The highest BCUT2D eigenvalue weighted by Gasteiger charge is 2.29.